The van der Waals surface area contributed by atoms with Crippen LogP contribution in [0.25, 0.3) is 0 Å². The van der Waals surface area contributed by atoms with Crippen LogP contribution in [0.4, 0.5) is 0 Å². The van der Waals surface area contributed by atoms with Gasteiger partial charge in [-0.15, -0.1) is 0 Å². The quantitative estimate of drug-likeness (QED) is 0.786. The monoisotopic (exact) mass is 319 g/mol. The molecule has 0 bridgehead atoms. The van der Waals surface area contributed by atoms with Crippen molar-refractivity contribution >= 4 is 27.5 Å². The Morgan fingerprint density at radius 2 is 2.12 bits per heavy atom. The second kappa shape index (κ2) is 7.37. The Balaban J connectivity index is 2.42. The van der Waals surface area contributed by atoms with E-state index in [0.29, 0.717) is 6.10 Å². The van der Waals surface area contributed by atoms with Crippen LogP contribution in [-0.2, 0) is 11.3 Å². The van der Waals surface area contributed by atoms with Crippen molar-refractivity contribution in [2.24, 2.45) is 0 Å². The predicted molar refractivity (Wildman–Crippen MR) is 76.6 cm³/mol. The third kappa shape index (κ3) is 5.87. The average molecular weight is 321 g/mol. The highest BCUT2D eigenvalue weighted by Gasteiger charge is 2.05. The molecule has 0 amide bonds. The van der Waals surface area contributed by atoms with Crippen LogP contribution in [0.1, 0.15) is 19.4 Å². The van der Waals surface area contributed by atoms with Gasteiger partial charge in [-0.2, -0.15) is 0 Å². The number of likely N-dealkylation sites (N-methyl/N-ethyl adjacent to an activating group) is 1. The van der Waals surface area contributed by atoms with Crippen molar-refractivity contribution in [3.8, 4) is 0 Å². The van der Waals surface area contributed by atoms with Crippen LogP contribution in [0.5, 0.6) is 0 Å². The van der Waals surface area contributed by atoms with Gasteiger partial charge in [-0.1, -0.05) is 33.6 Å². The van der Waals surface area contributed by atoms with Gasteiger partial charge in [-0.3, -0.25) is 4.90 Å². The molecule has 0 atom stereocenters. The minimum atomic E-state index is 0.291. The third-order valence-electron chi connectivity index (χ3n) is 2.38. The van der Waals surface area contributed by atoms with Crippen LogP contribution in [0.15, 0.2) is 22.7 Å². The summed E-state index contributed by atoms with van der Waals surface area (Å²) >= 11 is 9.57. The maximum absolute atomic E-state index is 6.17. The lowest BCUT2D eigenvalue weighted by Crippen LogP contribution is -2.24. The van der Waals surface area contributed by atoms with E-state index in [4.69, 9.17) is 16.3 Å². The van der Waals surface area contributed by atoms with Gasteiger partial charge in [0.15, 0.2) is 0 Å². The van der Waals surface area contributed by atoms with Crippen LogP contribution >= 0.6 is 27.5 Å². The molecule has 0 saturated carbocycles. The molecule has 0 radical (unpaired) electrons. The maximum atomic E-state index is 6.17. The lowest BCUT2D eigenvalue weighted by molar-refractivity contribution is 0.0627. The number of hydrogen-bond donors (Lipinski definition) is 0. The highest BCUT2D eigenvalue weighted by molar-refractivity contribution is 9.10. The normalized spacial score (nSPS) is 11.5. The zero-order chi connectivity index (χ0) is 12.8. The Bertz CT molecular complexity index is 357. The number of benzene rings is 1. The van der Waals surface area contributed by atoms with Gasteiger partial charge in [0.1, 0.15) is 0 Å². The summed E-state index contributed by atoms with van der Waals surface area (Å²) in [6.07, 6.45) is 0.291. The summed E-state index contributed by atoms with van der Waals surface area (Å²) < 4.78 is 6.53. The van der Waals surface area contributed by atoms with Gasteiger partial charge >= 0.3 is 0 Å². The van der Waals surface area contributed by atoms with Crippen molar-refractivity contribution < 1.29 is 4.74 Å². The molecule has 0 heterocycles. The molecule has 0 fully saturated rings. The van der Waals surface area contributed by atoms with Crippen LogP contribution < -0.4 is 0 Å². The van der Waals surface area contributed by atoms with E-state index in [1.54, 1.807) is 0 Å². The van der Waals surface area contributed by atoms with Crippen molar-refractivity contribution in [1.82, 2.24) is 4.90 Å². The Labute approximate surface area is 117 Å². The molecule has 96 valence electrons. The van der Waals surface area contributed by atoms with E-state index < -0.39 is 0 Å². The summed E-state index contributed by atoms with van der Waals surface area (Å²) in [6.45, 7) is 6.59. The van der Waals surface area contributed by atoms with Crippen molar-refractivity contribution in [2.45, 2.75) is 26.5 Å². The standard InChI is InChI=1S/C13H19BrClNO/c1-10(2)17-7-6-16(3)9-11-4-5-12(14)8-13(11)15/h4-5,8,10H,6-7,9H2,1-3H3. The molecule has 0 aliphatic carbocycles. The molecule has 0 aromatic heterocycles. The first kappa shape index (κ1) is 15.0. The molecule has 1 rings (SSSR count). The van der Waals surface area contributed by atoms with Crippen LogP contribution in [-0.4, -0.2) is 31.2 Å². The molecule has 0 unspecified atom stereocenters. The molecule has 0 aliphatic heterocycles. The average Bonchev–Trinajstić information content (AvgIpc) is 2.21. The van der Waals surface area contributed by atoms with Crippen molar-refractivity contribution in [2.75, 3.05) is 20.2 Å². The SMILES string of the molecule is CC(C)OCCN(C)Cc1ccc(Br)cc1Cl. The smallest absolute Gasteiger partial charge is 0.0596 e. The van der Waals surface area contributed by atoms with E-state index >= 15 is 0 Å². The molecule has 1 aromatic carbocycles. The number of halogens is 2. The highest BCUT2D eigenvalue weighted by atomic mass is 79.9. The number of nitrogens with zero attached hydrogens (tertiary/aromatic N) is 1. The number of rotatable bonds is 6. The van der Waals surface area contributed by atoms with Crippen LogP contribution in [0, 0.1) is 0 Å². The summed E-state index contributed by atoms with van der Waals surface area (Å²) in [4.78, 5) is 2.21. The molecule has 2 nitrogen and oxygen atoms in total. The molecule has 0 N–H and O–H groups in total. The van der Waals surface area contributed by atoms with Gasteiger partial charge in [-0.25, -0.2) is 0 Å². The zero-order valence-electron chi connectivity index (χ0n) is 10.5. The second-order valence-corrected chi connectivity index (χ2v) is 5.72. The summed E-state index contributed by atoms with van der Waals surface area (Å²) in [7, 11) is 2.07. The largest absolute Gasteiger partial charge is 0.377 e. The Morgan fingerprint density at radius 1 is 1.41 bits per heavy atom. The van der Waals surface area contributed by atoms with Gasteiger partial charge in [0.05, 0.1) is 12.7 Å². The topological polar surface area (TPSA) is 12.5 Å². The predicted octanol–water partition coefficient (Wildman–Crippen LogP) is 3.96. The minimum absolute atomic E-state index is 0.291. The van der Waals surface area contributed by atoms with E-state index in [0.717, 1.165) is 34.8 Å². The molecule has 0 aliphatic rings. The van der Waals surface area contributed by atoms with E-state index in [-0.39, 0.29) is 0 Å². The molecule has 4 heteroatoms. The Morgan fingerprint density at radius 3 is 2.71 bits per heavy atom. The van der Waals surface area contributed by atoms with E-state index in [1.165, 1.54) is 0 Å². The fourth-order valence-electron chi connectivity index (χ4n) is 1.46. The molecular formula is C13H19BrClNO. The first-order valence-electron chi connectivity index (χ1n) is 5.73. The molecule has 1 aromatic rings. The van der Waals surface area contributed by atoms with Crippen LogP contribution in [0.3, 0.4) is 0 Å². The molecule has 0 saturated heterocycles. The van der Waals surface area contributed by atoms with E-state index in [1.807, 2.05) is 32.0 Å². The van der Waals surface area contributed by atoms with Gasteiger partial charge in [0.2, 0.25) is 0 Å². The molecule has 17 heavy (non-hydrogen) atoms. The van der Waals surface area contributed by atoms with Gasteiger partial charge in [0.25, 0.3) is 0 Å². The van der Waals surface area contributed by atoms with Crippen molar-refractivity contribution in [3.63, 3.8) is 0 Å². The van der Waals surface area contributed by atoms with Gasteiger partial charge in [0, 0.05) is 22.6 Å². The maximum Gasteiger partial charge on any atom is 0.0596 e. The first-order valence-corrected chi connectivity index (χ1v) is 6.90. The van der Waals surface area contributed by atoms with Gasteiger partial charge in [-0.05, 0) is 38.6 Å². The summed E-state index contributed by atoms with van der Waals surface area (Å²) in [5.74, 6) is 0. The van der Waals surface area contributed by atoms with Gasteiger partial charge < -0.3 is 4.74 Å². The van der Waals surface area contributed by atoms with Crippen LogP contribution in [0.2, 0.25) is 5.02 Å². The summed E-state index contributed by atoms with van der Waals surface area (Å²) in [5.41, 5.74) is 1.14. The fraction of sp³-hybridized carbons (Fsp3) is 0.538. The Hall–Kier alpha value is -0.0900. The summed E-state index contributed by atoms with van der Waals surface area (Å²) in [6, 6.07) is 5.99. The lowest BCUT2D eigenvalue weighted by atomic mass is 10.2. The fourth-order valence-corrected chi connectivity index (χ4v) is 2.20. The second-order valence-electron chi connectivity index (χ2n) is 4.39. The Kier molecular flexibility index (Phi) is 6.49. The third-order valence-corrected chi connectivity index (χ3v) is 3.22. The van der Waals surface area contributed by atoms with E-state index in [9.17, 15) is 0 Å². The zero-order valence-corrected chi connectivity index (χ0v) is 12.9. The minimum Gasteiger partial charge on any atom is -0.377 e. The lowest BCUT2D eigenvalue weighted by Gasteiger charge is -2.18. The number of ether oxygens (including phenoxy) is 1. The molecule has 0 spiro atoms. The molecular weight excluding hydrogens is 302 g/mol. The number of hydrogen-bond acceptors (Lipinski definition) is 2. The van der Waals surface area contributed by atoms with Crippen molar-refractivity contribution in [1.29, 1.82) is 0 Å². The van der Waals surface area contributed by atoms with Crippen molar-refractivity contribution in [3.05, 3.63) is 33.3 Å². The highest BCUT2D eigenvalue weighted by Crippen LogP contribution is 2.22. The van der Waals surface area contributed by atoms with E-state index in [2.05, 4.69) is 27.9 Å². The first-order chi connectivity index (χ1) is 7.99. The summed E-state index contributed by atoms with van der Waals surface area (Å²) in [5, 5.41) is 0.802.